The summed E-state index contributed by atoms with van der Waals surface area (Å²) < 4.78 is 128. The summed E-state index contributed by atoms with van der Waals surface area (Å²) in [5.74, 6) is 0. The molecule has 0 unspecified atom stereocenters. The number of benzene rings is 11. The number of rotatable bonds is 5. The monoisotopic (exact) mass is 800 g/mol. The van der Waals surface area contributed by atoms with Crippen LogP contribution in [-0.2, 0) is 0 Å². The zero-order valence-corrected chi connectivity index (χ0v) is 32.7. The van der Waals surface area contributed by atoms with Gasteiger partial charge in [-0.25, -0.2) is 0 Å². The highest BCUT2D eigenvalue weighted by atomic mass is 16.3. The van der Waals surface area contributed by atoms with Crippen LogP contribution in [0, 0.1) is 0 Å². The highest BCUT2D eigenvalue weighted by molar-refractivity contribution is 6.24. The Bertz CT molecular complexity index is 4590. The molecular formula is C60H37NO. The number of furan rings is 1. The first-order valence-corrected chi connectivity index (χ1v) is 20.3. The summed E-state index contributed by atoms with van der Waals surface area (Å²) in [4.78, 5) is 0. The summed E-state index contributed by atoms with van der Waals surface area (Å²) in [5, 5.41) is 4.31. The van der Waals surface area contributed by atoms with Crippen LogP contribution in [0.1, 0.15) is 17.8 Å². The second-order valence-electron chi connectivity index (χ2n) is 15.4. The highest BCUT2D eigenvalue weighted by Gasteiger charge is 2.23. The smallest absolute Gasteiger partial charge is 0.136 e. The lowest BCUT2D eigenvalue weighted by molar-refractivity contribution is 0.669. The molecule has 0 saturated heterocycles. The van der Waals surface area contributed by atoms with Gasteiger partial charge in [0.05, 0.1) is 28.9 Å². The van der Waals surface area contributed by atoms with Crippen molar-refractivity contribution >= 4 is 76.1 Å². The first-order chi connectivity index (χ1) is 36.2. The number of aromatic nitrogens is 1. The maximum atomic E-state index is 9.71. The van der Waals surface area contributed by atoms with Gasteiger partial charge >= 0.3 is 0 Å². The van der Waals surface area contributed by atoms with Crippen molar-refractivity contribution in [3.8, 4) is 50.2 Å². The van der Waals surface area contributed by atoms with Gasteiger partial charge in [0, 0.05) is 32.8 Å². The Labute approximate surface area is 376 Å². The quantitative estimate of drug-likeness (QED) is 0.159. The van der Waals surface area contributed by atoms with E-state index in [1.807, 2.05) is 103 Å². The van der Waals surface area contributed by atoms with E-state index in [1.54, 1.807) is 0 Å². The lowest BCUT2D eigenvalue weighted by Crippen LogP contribution is -1.94. The van der Waals surface area contributed by atoms with Crippen molar-refractivity contribution in [2.75, 3.05) is 0 Å². The number of para-hydroxylation sites is 3. The van der Waals surface area contributed by atoms with Crippen LogP contribution in [0.15, 0.2) is 229 Å². The van der Waals surface area contributed by atoms with Crippen molar-refractivity contribution in [1.82, 2.24) is 4.57 Å². The maximum absolute atomic E-state index is 9.71. The van der Waals surface area contributed by atoms with E-state index in [0.717, 1.165) is 55.0 Å². The van der Waals surface area contributed by atoms with Gasteiger partial charge in [0.1, 0.15) is 11.2 Å². The molecule has 2 heteroatoms. The first kappa shape index (κ1) is 24.2. The second kappa shape index (κ2) is 13.7. The summed E-state index contributed by atoms with van der Waals surface area (Å²) in [6, 6.07) is 39.5. The molecule has 62 heavy (non-hydrogen) atoms. The zero-order chi connectivity index (χ0) is 52.0. The van der Waals surface area contributed by atoms with E-state index in [1.165, 1.54) is 0 Å². The van der Waals surface area contributed by atoms with Crippen LogP contribution in [0.4, 0.5) is 0 Å². The van der Waals surface area contributed by atoms with Gasteiger partial charge < -0.3 is 8.98 Å². The van der Waals surface area contributed by atoms with Crippen LogP contribution in [0.5, 0.6) is 0 Å². The fourth-order valence-corrected chi connectivity index (χ4v) is 9.53. The predicted octanol–water partition coefficient (Wildman–Crippen LogP) is 16.8. The Morgan fingerprint density at radius 2 is 0.984 bits per heavy atom. The Kier molecular flexibility index (Phi) is 5.33. The lowest BCUT2D eigenvalue weighted by atomic mass is 9.83. The van der Waals surface area contributed by atoms with Crippen LogP contribution >= 0.6 is 0 Å². The summed E-state index contributed by atoms with van der Waals surface area (Å²) in [5.41, 5.74) is 7.06. The Morgan fingerprint density at radius 1 is 0.355 bits per heavy atom. The van der Waals surface area contributed by atoms with Crippen molar-refractivity contribution in [2.24, 2.45) is 0 Å². The van der Waals surface area contributed by atoms with Crippen molar-refractivity contribution in [1.29, 1.82) is 0 Å². The molecule has 2 nitrogen and oxygen atoms in total. The lowest BCUT2D eigenvalue weighted by Gasteiger charge is -2.20. The molecule has 0 aliphatic rings. The van der Waals surface area contributed by atoms with E-state index in [0.29, 0.717) is 33.1 Å². The number of nitrogens with zero attached hydrogens (tertiary/aromatic N) is 1. The van der Waals surface area contributed by atoms with E-state index in [-0.39, 0.29) is 32.7 Å². The van der Waals surface area contributed by atoms with E-state index >= 15 is 0 Å². The van der Waals surface area contributed by atoms with Gasteiger partial charge in [-0.2, -0.15) is 0 Å². The average Bonchev–Trinajstić information content (AvgIpc) is 4.01. The molecule has 2 heterocycles. The molecule has 2 aromatic heterocycles. The molecule has 0 aliphatic carbocycles. The minimum Gasteiger partial charge on any atom is -0.456 e. The third-order valence-corrected chi connectivity index (χ3v) is 12.1. The number of hydrogen-bond donors (Lipinski definition) is 0. The van der Waals surface area contributed by atoms with Gasteiger partial charge in [0.25, 0.3) is 0 Å². The molecule has 0 spiro atoms. The molecule has 0 aliphatic heterocycles. The molecule has 0 amide bonds. The van der Waals surface area contributed by atoms with Crippen molar-refractivity contribution in [3.05, 3.63) is 224 Å². The van der Waals surface area contributed by atoms with Gasteiger partial charge in [-0.15, -0.1) is 0 Å². The molecule has 13 rings (SSSR count). The third kappa shape index (κ3) is 5.17. The first-order valence-electron chi connectivity index (χ1n) is 26.8. The fourth-order valence-electron chi connectivity index (χ4n) is 9.53. The highest BCUT2D eigenvalue weighted by Crippen LogP contribution is 2.49. The van der Waals surface area contributed by atoms with Crippen LogP contribution in [0.2, 0.25) is 0 Å². The average molecular weight is 801 g/mol. The summed E-state index contributed by atoms with van der Waals surface area (Å²) in [7, 11) is 0. The van der Waals surface area contributed by atoms with Crippen molar-refractivity contribution < 1.29 is 22.2 Å². The second-order valence-corrected chi connectivity index (χ2v) is 15.4. The zero-order valence-electron chi connectivity index (χ0n) is 45.7. The van der Waals surface area contributed by atoms with Crippen LogP contribution in [-0.4, -0.2) is 4.57 Å². The summed E-state index contributed by atoms with van der Waals surface area (Å²) in [6.07, 6.45) is 0. The molecular weight excluding hydrogens is 751 g/mol. The van der Waals surface area contributed by atoms with Gasteiger partial charge in [-0.05, 0) is 120 Å². The van der Waals surface area contributed by atoms with Gasteiger partial charge in [0.15, 0.2) is 0 Å². The Morgan fingerprint density at radius 3 is 1.76 bits per heavy atom. The molecule has 0 saturated carbocycles. The molecule has 0 atom stereocenters. The largest absolute Gasteiger partial charge is 0.456 e. The Balaban J connectivity index is 1.21. The molecule has 0 radical (unpaired) electrons. The minimum absolute atomic E-state index is 0.0540. The van der Waals surface area contributed by atoms with Crippen LogP contribution in [0.25, 0.3) is 126 Å². The van der Waals surface area contributed by atoms with Gasteiger partial charge in [0.2, 0.25) is 0 Å². The molecule has 0 bridgehead atoms. The predicted molar refractivity (Wildman–Crippen MR) is 262 cm³/mol. The van der Waals surface area contributed by atoms with Crippen LogP contribution in [0.3, 0.4) is 0 Å². The number of hydrogen-bond acceptors (Lipinski definition) is 1. The standard InChI is InChI=1S/C60H37NO/c1-3-17-38(18-4-1)57-47-24-9-11-26-49(47)59(50-27-12-10-25-48(50)57)52-36-41(35-39-19-7-8-22-43(39)52)44-33-34-56-60(51-28-14-16-30-55(51)62-56)58(44)40-31-32-46-45-23-13-15-29-53(45)61(54(46)37-40)42-20-5-2-6-21-42/h1-37H/i1D,3D,4D,9D,10D,11D,12D,17D,18D,24D,25D,26D,27D. The topological polar surface area (TPSA) is 18.1 Å². The Hall–Kier alpha value is -8.20. The number of fused-ring (bicyclic) bond motifs is 9. The fraction of sp³-hybridized carbons (Fsp3) is 0. The maximum Gasteiger partial charge on any atom is 0.136 e. The van der Waals surface area contributed by atoms with Crippen molar-refractivity contribution in [3.63, 3.8) is 0 Å². The van der Waals surface area contributed by atoms with Crippen molar-refractivity contribution in [2.45, 2.75) is 0 Å². The molecule has 13 aromatic rings. The van der Waals surface area contributed by atoms with Crippen LogP contribution < -0.4 is 0 Å². The molecule has 11 aromatic carbocycles. The minimum atomic E-state index is -0.726. The molecule has 0 fully saturated rings. The van der Waals surface area contributed by atoms with E-state index in [9.17, 15) is 5.48 Å². The van der Waals surface area contributed by atoms with Gasteiger partial charge in [-0.1, -0.05) is 176 Å². The SMILES string of the molecule is [2H]c1c([2H])c([2H])c(-c2c3c([2H])c([2H])c([2H])c([2H])c3c(-c3cc(-c4ccc5oc6ccccc6c5c4-c4ccc5c6ccccc6n(-c6ccccc6)c5c4)cc4ccccc34)c3c([2H])c([2H])c([2H])c([2H])c23)c([2H])c1[2H]. The molecule has 0 N–H and O–H groups in total. The van der Waals surface area contributed by atoms with E-state index < -0.39 is 84.1 Å². The summed E-state index contributed by atoms with van der Waals surface area (Å²) in [6.45, 7) is 0. The van der Waals surface area contributed by atoms with E-state index in [4.69, 9.17) is 16.8 Å². The van der Waals surface area contributed by atoms with Gasteiger partial charge in [-0.3, -0.25) is 0 Å². The summed E-state index contributed by atoms with van der Waals surface area (Å²) >= 11 is 0. The normalized spacial score (nSPS) is 14.8. The van der Waals surface area contributed by atoms with E-state index in [2.05, 4.69) is 47.0 Å². The molecule has 288 valence electrons. The third-order valence-electron chi connectivity index (χ3n) is 12.1.